The summed E-state index contributed by atoms with van der Waals surface area (Å²) in [4.78, 5) is 37.3. The Hall–Kier alpha value is -2.83. The SMILES string of the molecule is C=CCNC(=O)c1ccc(NC(=O)N2CCC(C(=O)OC)CC2)cc1. The van der Waals surface area contributed by atoms with Crippen LogP contribution in [0.3, 0.4) is 0 Å². The fourth-order valence-corrected chi connectivity index (χ4v) is 2.66. The normalized spacial score (nSPS) is 14.5. The van der Waals surface area contributed by atoms with Crippen LogP contribution in [0.2, 0.25) is 0 Å². The number of hydrogen-bond donors (Lipinski definition) is 2. The van der Waals surface area contributed by atoms with E-state index in [1.807, 2.05) is 0 Å². The van der Waals surface area contributed by atoms with Gasteiger partial charge in [-0.2, -0.15) is 0 Å². The maximum atomic E-state index is 12.3. The molecule has 7 nitrogen and oxygen atoms in total. The Morgan fingerprint density at radius 2 is 1.88 bits per heavy atom. The largest absolute Gasteiger partial charge is 0.469 e. The summed E-state index contributed by atoms with van der Waals surface area (Å²) in [5.74, 6) is -0.546. The van der Waals surface area contributed by atoms with Gasteiger partial charge < -0.3 is 20.3 Å². The first kappa shape index (κ1) is 18.5. The molecule has 1 aliphatic heterocycles. The van der Waals surface area contributed by atoms with Crippen molar-refractivity contribution in [1.29, 1.82) is 0 Å². The maximum absolute atomic E-state index is 12.3. The molecule has 0 aromatic heterocycles. The van der Waals surface area contributed by atoms with E-state index in [0.717, 1.165) is 0 Å². The molecule has 25 heavy (non-hydrogen) atoms. The molecule has 1 aromatic rings. The number of esters is 1. The van der Waals surface area contributed by atoms with Gasteiger partial charge in [-0.1, -0.05) is 6.08 Å². The van der Waals surface area contributed by atoms with Crippen LogP contribution in [-0.4, -0.2) is 49.6 Å². The minimum atomic E-state index is -0.217. The lowest BCUT2D eigenvalue weighted by molar-refractivity contribution is -0.146. The molecule has 7 heteroatoms. The first-order valence-electron chi connectivity index (χ1n) is 8.18. The molecule has 1 heterocycles. The Morgan fingerprint density at radius 1 is 1.24 bits per heavy atom. The smallest absolute Gasteiger partial charge is 0.321 e. The van der Waals surface area contributed by atoms with Gasteiger partial charge in [0.1, 0.15) is 0 Å². The van der Waals surface area contributed by atoms with Gasteiger partial charge in [0, 0.05) is 30.9 Å². The van der Waals surface area contributed by atoms with Crippen molar-refractivity contribution in [3.05, 3.63) is 42.5 Å². The number of ether oxygens (including phenoxy) is 1. The average Bonchev–Trinajstić information content (AvgIpc) is 2.66. The predicted octanol–water partition coefficient (Wildman–Crippen LogP) is 2.02. The fraction of sp³-hybridized carbons (Fsp3) is 0.389. The number of likely N-dealkylation sites (tertiary alicyclic amines) is 1. The van der Waals surface area contributed by atoms with Crippen molar-refractivity contribution in [2.45, 2.75) is 12.8 Å². The lowest BCUT2D eigenvalue weighted by Crippen LogP contribution is -2.42. The number of anilines is 1. The van der Waals surface area contributed by atoms with Crippen LogP contribution in [0.15, 0.2) is 36.9 Å². The molecule has 1 saturated heterocycles. The van der Waals surface area contributed by atoms with Crippen LogP contribution >= 0.6 is 0 Å². The Labute approximate surface area is 147 Å². The van der Waals surface area contributed by atoms with E-state index in [0.29, 0.717) is 43.7 Å². The molecule has 0 atom stereocenters. The van der Waals surface area contributed by atoms with Crippen LogP contribution in [0.1, 0.15) is 23.2 Å². The van der Waals surface area contributed by atoms with Crippen LogP contribution in [-0.2, 0) is 9.53 Å². The monoisotopic (exact) mass is 345 g/mol. The van der Waals surface area contributed by atoms with Crippen LogP contribution < -0.4 is 10.6 Å². The average molecular weight is 345 g/mol. The number of hydrogen-bond acceptors (Lipinski definition) is 4. The quantitative estimate of drug-likeness (QED) is 0.631. The highest BCUT2D eigenvalue weighted by atomic mass is 16.5. The Kier molecular flexibility index (Phi) is 6.56. The highest BCUT2D eigenvalue weighted by molar-refractivity contribution is 5.95. The minimum Gasteiger partial charge on any atom is -0.469 e. The number of rotatable bonds is 5. The number of nitrogens with one attached hydrogen (secondary N) is 2. The van der Waals surface area contributed by atoms with E-state index in [-0.39, 0.29) is 23.8 Å². The van der Waals surface area contributed by atoms with Gasteiger partial charge in [0.05, 0.1) is 13.0 Å². The standard InChI is InChI=1S/C18H23N3O4/c1-3-10-19-16(22)13-4-6-15(7-5-13)20-18(24)21-11-8-14(9-12-21)17(23)25-2/h3-7,14H,1,8-12H2,2H3,(H,19,22)(H,20,24). The fourth-order valence-electron chi connectivity index (χ4n) is 2.66. The van der Waals surface area contributed by atoms with Crippen LogP contribution in [0.25, 0.3) is 0 Å². The minimum absolute atomic E-state index is 0.137. The molecule has 0 saturated carbocycles. The van der Waals surface area contributed by atoms with E-state index in [9.17, 15) is 14.4 Å². The lowest BCUT2D eigenvalue weighted by atomic mass is 9.97. The second-order valence-corrected chi connectivity index (χ2v) is 5.79. The number of carbonyl (C=O) groups is 3. The van der Waals surface area contributed by atoms with Crippen molar-refractivity contribution in [3.8, 4) is 0 Å². The maximum Gasteiger partial charge on any atom is 0.321 e. The van der Waals surface area contributed by atoms with Gasteiger partial charge in [0.15, 0.2) is 0 Å². The third-order valence-electron chi connectivity index (χ3n) is 4.12. The second kappa shape index (κ2) is 8.86. The number of nitrogens with zero attached hydrogens (tertiary/aromatic N) is 1. The van der Waals surface area contributed by atoms with Gasteiger partial charge in [-0.15, -0.1) is 6.58 Å². The third kappa shape index (κ3) is 5.07. The molecule has 0 unspecified atom stereocenters. The van der Waals surface area contributed by atoms with Crippen LogP contribution in [0, 0.1) is 5.92 Å². The molecule has 1 aliphatic rings. The van der Waals surface area contributed by atoms with Crippen molar-refractivity contribution in [3.63, 3.8) is 0 Å². The highest BCUT2D eigenvalue weighted by Crippen LogP contribution is 2.19. The van der Waals surface area contributed by atoms with Gasteiger partial charge in [-0.25, -0.2) is 4.79 Å². The van der Waals surface area contributed by atoms with Crippen LogP contribution in [0.4, 0.5) is 10.5 Å². The summed E-state index contributed by atoms with van der Waals surface area (Å²) in [6.45, 7) is 4.96. The number of urea groups is 1. The molecule has 2 rings (SSSR count). The molecule has 3 amide bonds. The summed E-state index contributed by atoms with van der Waals surface area (Å²) >= 11 is 0. The summed E-state index contributed by atoms with van der Waals surface area (Å²) in [5, 5.41) is 5.49. The Balaban J connectivity index is 1.86. The van der Waals surface area contributed by atoms with E-state index >= 15 is 0 Å². The van der Waals surface area contributed by atoms with Gasteiger partial charge in [0.25, 0.3) is 5.91 Å². The van der Waals surface area contributed by atoms with Gasteiger partial charge in [0.2, 0.25) is 0 Å². The highest BCUT2D eigenvalue weighted by Gasteiger charge is 2.27. The van der Waals surface area contributed by atoms with Crippen molar-refractivity contribution >= 4 is 23.6 Å². The van der Waals surface area contributed by atoms with Gasteiger partial charge in [-0.05, 0) is 37.1 Å². The van der Waals surface area contributed by atoms with Crippen molar-refractivity contribution in [1.82, 2.24) is 10.2 Å². The zero-order valence-corrected chi connectivity index (χ0v) is 14.3. The molecule has 2 N–H and O–H groups in total. The van der Waals surface area contributed by atoms with Gasteiger partial charge >= 0.3 is 12.0 Å². The zero-order valence-electron chi connectivity index (χ0n) is 14.3. The summed E-state index contributed by atoms with van der Waals surface area (Å²) in [5.41, 5.74) is 1.12. The zero-order chi connectivity index (χ0) is 18.2. The van der Waals surface area contributed by atoms with Crippen molar-refractivity contribution < 1.29 is 19.1 Å². The number of methoxy groups -OCH3 is 1. The Morgan fingerprint density at radius 3 is 2.44 bits per heavy atom. The van der Waals surface area contributed by atoms with E-state index in [1.54, 1.807) is 35.2 Å². The molecule has 0 spiro atoms. The predicted molar refractivity (Wildman–Crippen MR) is 94.3 cm³/mol. The van der Waals surface area contributed by atoms with Crippen molar-refractivity contribution in [2.75, 3.05) is 32.1 Å². The van der Waals surface area contributed by atoms with E-state index in [1.165, 1.54) is 7.11 Å². The third-order valence-corrected chi connectivity index (χ3v) is 4.12. The summed E-state index contributed by atoms with van der Waals surface area (Å²) < 4.78 is 4.74. The molecule has 0 aliphatic carbocycles. The number of piperidine rings is 1. The van der Waals surface area contributed by atoms with E-state index in [2.05, 4.69) is 17.2 Å². The van der Waals surface area contributed by atoms with Gasteiger partial charge in [-0.3, -0.25) is 9.59 Å². The lowest BCUT2D eigenvalue weighted by Gasteiger charge is -2.30. The first-order valence-corrected chi connectivity index (χ1v) is 8.18. The Bertz CT molecular complexity index is 634. The number of benzene rings is 1. The van der Waals surface area contributed by atoms with E-state index in [4.69, 9.17) is 4.74 Å². The van der Waals surface area contributed by atoms with E-state index < -0.39 is 0 Å². The number of amides is 3. The molecule has 1 aromatic carbocycles. The second-order valence-electron chi connectivity index (χ2n) is 5.79. The molecular weight excluding hydrogens is 322 g/mol. The van der Waals surface area contributed by atoms with Crippen LogP contribution in [0.5, 0.6) is 0 Å². The molecule has 0 radical (unpaired) electrons. The molecule has 0 bridgehead atoms. The topological polar surface area (TPSA) is 87.7 Å². The molecule has 134 valence electrons. The first-order chi connectivity index (χ1) is 12.0. The van der Waals surface area contributed by atoms with Crippen molar-refractivity contribution in [2.24, 2.45) is 5.92 Å². The molecular formula is C18H23N3O4. The number of carbonyl (C=O) groups excluding carboxylic acids is 3. The molecule has 1 fully saturated rings. The summed E-state index contributed by atoms with van der Waals surface area (Å²) in [6, 6.07) is 6.45. The summed E-state index contributed by atoms with van der Waals surface area (Å²) in [6.07, 6.45) is 2.81. The summed E-state index contributed by atoms with van der Waals surface area (Å²) in [7, 11) is 1.38.